The van der Waals surface area contributed by atoms with Crippen molar-refractivity contribution in [3.8, 4) is 0 Å². The third kappa shape index (κ3) is 3.59. The van der Waals surface area contributed by atoms with Gasteiger partial charge in [0.1, 0.15) is 3.96 Å². The fourth-order valence-electron chi connectivity index (χ4n) is 0.253. The van der Waals surface area contributed by atoms with E-state index in [2.05, 4.69) is 0 Å². The second-order valence-electron chi connectivity index (χ2n) is 1.62. The van der Waals surface area contributed by atoms with Crippen LogP contribution in [0, 0.1) is 0 Å². The van der Waals surface area contributed by atoms with Crippen LogP contribution in [-0.2, 0) is 0 Å². The molecule has 66 valence electrons. The molecule has 1 atom stereocenters. The number of halogens is 7. The largest absolute Gasteiger partial charge is 0.407 e. The molecular formula is C3HCl4F3Si. The third-order valence-corrected chi connectivity index (χ3v) is 4.73. The van der Waals surface area contributed by atoms with Crippen molar-refractivity contribution in [1.82, 2.24) is 0 Å². The fraction of sp³-hybridized carbons (Fsp3) is 1.00. The molecule has 11 heavy (non-hydrogen) atoms. The summed E-state index contributed by atoms with van der Waals surface area (Å²) >= 11 is 20.3. The molecule has 0 heterocycles. The Morgan fingerprint density at radius 2 is 1.55 bits per heavy atom. The van der Waals surface area contributed by atoms with E-state index in [0.29, 0.717) is 0 Å². The van der Waals surface area contributed by atoms with Gasteiger partial charge in [0, 0.05) is 0 Å². The average Bonchev–Trinajstić information content (AvgIpc) is 1.84. The lowest BCUT2D eigenvalue weighted by Crippen LogP contribution is -2.41. The lowest BCUT2D eigenvalue weighted by Gasteiger charge is -2.23. The maximum absolute atomic E-state index is 11.8. The molecule has 0 rings (SSSR count). The van der Waals surface area contributed by atoms with Crippen molar-refractivity contribution < 1.29 is 13.2 Å². The normalized spacial score (nSPS) is 16.6. The van der Waals surface area contributed by atoms with E-state index in [1.54, 1.807) is 0 Å². The standard InChI is InChI=1S/C3HCl4F3Si/c4-1(3(8,9)10)2(5,6)11-7/h1H. The summed E-state index contributed by atoms with van der Waals surface area (Å²) in [5.41, 5.74) is 0. The monoisotopic (exact) mass is 262 g/mol. The van der Waals surface area contributed by atoms with E-state index >= 15 is 0 Å². The van der Waals surface area contributed by atoms with Crippen molar-refractivity contribution >= 4 is 54.7 Å². The van der Waals surface area contributed by atoms with Gasteiger partial charge in [0.25, 0.3) is 0 Å². The summed E-state index contributed by atoms with van der Waals surface area (Å²) < 4.78 is 33.2. The molecule has 0 N–H and O–H groups in total. The zero-order valence-electron chi connectivity index (χ0n) is 4.72. The highest BCUT2D eigenvalue weighted by Gasteiger charge is 2.51. The quantitative estimate of drug-likeness (QED) is 0.408. The van der Waals surface area contributed by atoms with Gasteiger partial charge in [-0.2, -0.15) is 24.3 Å². The zero-order valence-corrected chi connectivity index (χ0v) is 8.75. The van der Waals surface area contributed by atoms with E-state index in [1.165, 1.54) is 0 Å². The van der Waals surface area contributed by atoms with Gasteiger partial charge in [-0.25, -0.2) is 0 Å². The third-order valence-electron chi connectivity index (χ3n) is 0.732. The van der Waals surface area contributed by atoms with Crippen LogP contribution in [0.25, 0.3) is 0 Å². The Balaban J connectivity index is 4.35. The van der Waals surface area contributed by atoms with Crippen LogP contribution in [0.1, 0.15) is 0 Å². The smallest absolute Gasteiger partial charge is 0.169 e. The molecule has 0 spiro atoms. The summed E-state index contributed by atoms with van der Waals surface area (Å²) in [4.78, 5) is 0. The van der Waals surface area contributed by atoms with E-state index in [9.17, 15) is 13.2 Å². The van der Waals surface area contributed by atoms with Crippen LogP contribution in [0.3, 0.4) is 0 Å². The first-order valence-electron chi connectivity index (χ1n) is 2.18. The van der Waals surface area contributed by atoms with Gasteiger partial charge < -0.3 is 0 Å². The number of alkyl halides is 6. The molecule has 0 nitrogen and oxygen atoms in total. The highest BCUT2D eigenvalue weighted by atomic mass is 35.6. The Morgan fingerprint density at radius 1 is 1.18 bits per heavy atom. The van der Waals surface area contributed by atoms with Gasteiger partial charge in [-0.05, 0) is 0 Å². The minimum atomic E-state index is -4.63. The minimum absolute atomic E-state index is 0.811. The van der Waals surface area contributed by atoms with Crippen molar-refractivity contribution in [1.29, 1.82) is 0 Å². The second-order valence-corrected chi connectivity index (χ2v) is 5.62. The Hall–Kier alpha value is 1.17. The summed E-state index contributed by atoms with van der Waals surface area (Å²) in [6.45, 7) is 0. The van der Waals surface area contributed by atoms with Crippen molar-refractivity contribution in [3.63, 3.8) is 0 Å². The summed E-state index contributed by atoms with van der Waals surface area (Å²) in [5.74, 6) is 0. The highest BCUT2D eigenvalue weighted by molar-refractivity contribution is 7.04. The van der Waals surface area contributed by atoms with Gasteiger partial charge in [-0.1, -0.05) is 0 Å². The summed E-state index contributed by atoms with van der Waals surface area (Å²) in [7, 11) is -0.811. The molecule has 0 amide bonds. The molecule has 0 fully saturated rings. The topological polar surface area (TPSA) is 0 Å². The molecular weight excluding hydrogens is 263 g/mol. The molecule has 0 aliphatic heterocycles. The predicted molar refractivity (Wildman–Crippen MR) is 41.7 cm³/mol. The number of hydrogen-bond donors (Lipinski definition) is 0. The molecule has 0 saturated carbocycles. The first-order chi connectivity index (χ1) is 4.72. The fourth-order valence-corrected chi connectivity index (χ4v) is 1.42. The van der Waals surface area contributed by atoms with E-state index in [4.69, 9.17) is 45.9 Å². The maximum atomic E-state index is 11.8. The van der Waals surface area contributed by atoms with Crippen LogP contribution in [0.4, 0.5) is 13.2 Å². The van der Waals surface area contributed by atoms with E-state index in [1.807, 2.05) is 0 Å². The van der Waals surface area contributed by atoms with Gasteiger partial charge in [-0.3, -0.25) is 0 Å². The van der Waals surface area contributed by atoms with Crippen LogP contribution < -0.4 is 0 Å². The van der Waals surface area contributed by atoms with Crippen LogP contribution in [0.15, 0.2) is 0 Å². The van der Waals surface area contributed by atoms with E-state index in [0.717, 1.165) is 0 Å². The SMILES string of the molecule is FC(F)(F)C(Cl)C(Cl)(Cl)[Si]Cl. The van der Waals surface area contributed by atoms with Gasteiger partial charge in [0.15, 0.2) is 5.38 Å². The zero-order chi connectivity index (χ0) is 9.28. The van der Waals surface area contributed by atoms with Crippen molar-refractivity contribution in [2.45, 2.75) is 15.5 Å². The molecule has 0 aliphatic rings. The average molecular weight is 264 g/mol. The first-order valence-corrected chi connectivity index (χ1v) is 5.38. The van der Waals surface area contributed by atoms with Gasteiger partial charge in [0.05, 0.1) is 0 Å². The summed E-state index contributed by atoms with van der Waals surface area (Å²) in [6, 6.07) is 0. The van der Waals surface area contributed by atoms with E-state index < -0.39 is 24.3 Å². The second kappa shape index (κ2) is 3.92. The number of rotatable bonds is 2. The Labute approximate surface area is 83.5 Å². The molecule has 0 saturated heterocycles. The van der Waals surface area contributed by atoms with Crippen molar-refractivity contribution in [2.24, 2.45) is 0 Å². The lowest BCUT2D eigenvalue weighted by molar-refractivity contribution is -0.129. The number of hydrogen-bond acceptors (Lipinski definition) is 0. The van der Waals surface area contributed by atoms with Crippen LogP contribution in [0.2, 0.25) is 0 Å². The van der Waals surface area contributed by atoms with Crippen LogP contribution in [-0.4, -0.2) is 24.3 Å². The van der Waals surface area contributed by atoms with Crippen molar-refractivity contribution in [3.05, 3.63) is 0 Å². The maximum Gasteiger partial charge on any atom is 0.407 e. The molecule has 0 aliphatic carbocycles. The van der Waals surface area contributed by atoms with Crippen LogP contribution in [0.5, 0.6) is 0 Å². The first kappa shape index (κ1) is 12.2. The highest BCUT2D eigenvalue weighted by Crippen LogP contribution is 2.39. The molecule has 0 aromatic rings. The van der Waals surface area contributed by atoms with Crippen molar-refractivity contribution in [2.75, 3.05) is 0 Å². The molecule has 8 heteroatoms. The summed E-state index contributed by atoms with van der Waals surface area (Å²) in [6.07, 6.45) is -4.63. The predicted octanol–water partition coefficient (Wildman–Crippen LogP) is 3.15. The van der Waals surface area contributed by atoms with Crippen LogP contribution >= 0.6 is 45.9 Å². The lowest BCUT2D eigenvalue weighted by atomic mass is 10.4. The van der Waals surface area contributed by atoms with Gasteiger partial charge in [-0.15, -0.1) is 34.8 Å². The molecule has 0 bridgehead atoms. The van der Waals surface area contributed by atoms with Gasteiger partial charge >= 0.3 is 6.18 Å². The minimum Gasteiger partial charge on any atom is -0.169 e. The summed E-state index contributed by atoms with van der Waals surface area (Å²) in [5, 5.41) is -2.34. The molecule has 2 radical (unpaired) electrons. The molecule has 0 aromatic heterocycles. The molecule has 1 unspecified atom stereocenters. The Morgan fingerprint density at radius 3 is 1.64 bits per heavy atom. The van der Waals surface area contributed by atoms with E-state index in [-0.39, 0.29) is 0 Å². The Kier molecular flexibility index (Phi) is 4.33. The Bertz CT molecular complexity index is 135. The molecule has 0 aromatic carbocycles. The van der Waals surface area contributed by atoms with Gasteiger partial charge in [0.2, 0.25) is 8.83 Å².